The van der Waals surface area contributed by atoms with Crippen molar-refractivity contribution >= 4 is 42.7 Å². The minimum absolute atomic E-state index is 0.129. The Labute approximate surface area is 182 Å². The summed E-state index contributed by atoms with van der Waals surface area (Å²) in [6, 6.07) is 32.5. The molecule has 0 N–H and O–H groups in total. The molecule has 0 radical (unpaired) electrons. The van der Waals surface area contributed by atoms with E-state index in [4.69, 9.17) is 4.74 Å². The Bertz CT molecular complexity index is 814. The van der Waals surface area contributed by atoms with Crippen LogP contribution in [0.3, 0.4) is 0 Å². The molecule has 0 fully saturated rings. The molecular weight excluding hydrogens is 443 g/mol. The van der Waals surface area contributed by atoms with Crippen LogP contribution in [0, 0.1) is 0 Å². The van der Waals surface area contributed by atoms with Crippen LogP contribution in [0.4, 0.5) is 0 Å². The molecule has 0 aliphatic rings. The van der Waals surface area contributed by atoms with Crippen molar-refractivity contribution in [1.29, 1.82) is 0 Å². The van der Waals surface area contributed by atoms with Crippen LogP contribution < -0.4 is 15.9 Å². The first-order valence-electron chi connectivity index (χ1n) is 10.1. The third-order valence-electron chi connectivity index (χ3n) is 5.57. The Hall–Kier alpha value is -1.96. The van der Waals surface area contributed by atoms with Gasteiger partial charge in [0.25, 0.3) is 0 Å². The zero-order valence-electron chi connectivity index (χ0n) is 16.8. The van der Waals surface area contributed by atoms with Gasteiger partial charge in [-0.05, 0) is 0 Å². The van der Waals surface area contributed by atoms with E-state index in [0.29, 0.717) is 6.42 Å². The van der Waals surface area contributed by atoms with E-state index in [1.807, 2.05) is 0 Å². The zero-order valence-corrected chi connectivity index (χ0v) is 19.3. The summed E-state index contributed by atoms with van der Waals surface area (Å²) in [7, 11) is 1.45. The summed E-state index contributed by atoms with van der Waals surface area (Å²) in [4.78, 5) is 11.5. The number of hydrogen-bond acceptors (Lipinski definition) is 2. The Morgan fingerprint density at radius 1 is 0.724 bits per heavy atom. The summed E-state index contributed by atoms with van der Waals surface area (Å²) in [5.74, 6) is -0.129. The van der Waals surface area contributed by atoms with E-state index in [1.54, 1.807) is 0 Å². The van der Waals surface area contributed by atoms with Crippen molar-refractivity contribution in [2.45, 2.75) is 25.7 Å². The molecule has 29 heavy (non-hydrogen) atoms. The SMILES string of the molecule is COC(=O)CCCCCP(Br)(c1ccccc1)(c1ccccc1)c1ccccc1. The molecule has 0 aliphatic heterocycles. The number of rotatable bonds is 9. The average Bonchev–Trinajstić information content (AvgIpc) is 2.80. The van der Waals surface area contributed by atoms with Gasteiger partial charge in [-0.2, -0.15) is 0 Å². The van der Waals surface area contributed by atoms with E-state index in [0.717, 1.165) is 25.4 Å². The predicted octanol–water partition coefficient (Wildman–Crippen LogP) is 5.56. The summed E-state index contributed by atoms with van der Waals surface area (Å²) in [5.41, 5.74) is 0. The number of unbranched alkanes of at least 4 members (excludes halogenated alkanes) is 2. The van der Waals surface area contributed by atoms with Crippen LogP contribution in [0.5, 0.6) is 0 Å². The zero-order chi connectivity index (χ0) is 20.6. The first kappa shape index (κ1) is 21.7. The fourth-order valence-corrected chi connectivity index (χ4v) is 11.8. The van der Waals surface area contributed by atoms with E-state index in [2.05, 4.69) is 106 Å². The van der Waals surface area contributed by atoms with E-state index in [9.17, 15) is 4.79 Å². The molecular formula is C25H28BrO2P. The molecule has 3 rings (SSSR count). The second-order valence-electron chi connectivity index (χ2n) is 7.30. The molecule has 4 heteroatoms. The van der Waals surface area contributed by atoms with E-state index in [1.165, 1.54) is 23.0 Å². The molecule has 0 unspecified atom stereocenters. The van der Waals surface area contributed by atoms with Crippen molar-refractivity contribution < 1.29 is 9.53 Å². The van der Waals surface area contributed by atoms with Gasteiger partial charge in [-0.3, -0.25) is 0 Å². The quantitative estimate of drug-likeness (QED) is 0.232. The number of hydrogen-bond donors (Lipinski definition) is 0. The van der Waals surface area contributed by atoms with Crippen molar-refractivity contribution in [3.05, 3.63) is 91.0 Å². The van der Waals surface area contributed by atoms with E-state index < -0.39 is 5.31 Å². The first-order valence-corrected chi connectivity index (χ1v) is 14.5. The molecule has 0 amide bonds. The summed E-state index contributed by atoms with van der Waals surface area (Å²) in [5, 5.41) is 1.19. The van der Waals surface area contributed by atoms with Crippen LogP contribution in [0.25, 0.3) is 0 Å². The monoisotopic (exact) mass is 470 g/mol. The summed E-state index contributed by atoms with van der Waals surface area (Å²) in [6.45, 7) is 0. The Morgan fingerprint density at radius 3 is 1.52 bits per heavy atom. The maximum atomic E-state index is 11.5. The molecule has 0 saturated heterocycles. The van der Waals surface area contributed by atoms with Gasteiger partial charge in [-0.25, -0.2) is 0 Å². The van der Waals surface area contributed by atoms with Gasteiger partial charge in [-0.1, -0.05) is 0 Å². The van der Waals surface area contributed by atoms with Gasteiger partial charge in [0, 0.05) is 0 Å². The molecule has 0 spiro atoms. The normalized spacial score (nSPS) is 12.7. The molecule has 0 atom stereocenters. The van der Waals surface area contributed by atoms with E-state index >= 15 is 0 Å². The standard InChI is InChI=1S/C25H28BrO2P/c1-28-25(27)20-12-5-13-21-29(26,22-14-6-2-7-15-22,23-16-8-3-9-17-23)24-18-10-4-11-19-24/h2-4,6-11,14-19H,5,12-13,20-21H2,1H3. The van der Waals surface area contributed by atoms with Gasteiger partial charge in [0.2, 0.25) is 0 Å². The number of benzene rings is 3. The van der Waals surface area contributed by atoms with Crippen LogP contribution in [0.15, 0.2) is 91.0 Å². The molecule has 0 saturated carbocycles. The van der Waals surface area contributed by atoms with Gasteiger partial charge in [0.05, 0.1) is 0 Å². The van der Waals surface area contributed by atoms with Crippen molar-refractivity contribution in [3.8, 4) is 0 Å². The molecule has 0 bridgehead atoms. The van der Waals surface area contributed by atoms with Gasteiger partial charge >= 0.3 is 182 Å². The Kier molecular flexibility index (Phi) is 7.27. The molecule has 2 nitrogen and oxygen atoms in total. The van der Waals surface area contributed by atoms with Gasteiger partial charge in [-0.15, -0.1) is 0 Å². The number of methoxy groups -OCH3 is 1. The second-order valence-corrected chi connectivity index (χ2v) is 16.4. The topological polar surface area (TPSA) is 26.3 Å². The van der Waals surface area contributed by atoms with Crippen molar-refractivity contribution in [2.24, 2.45) is 0 Å². The Balaban J connectivity index is 2.06. The number of halogens is 1. The maximum absolute atomic E-state index is 11.5. The minimum atomic E-state index is -2.83. The third kappa shape index (κ3) is 4.47. The summed E-state index contributed by atoms with van der Waals surface area (Å²) >= 11 is 4.45. The molecule has 0 heterocycles. The van der Waals surface area contributed by atoms with Crippen molar-refractivity contribution in [2.75, 3.05) is 13.3 Å². The average molecular weight is 471 g/mol. The van der Waals surface area contributed by atoms with Crippen LogP contribution in [0.2, 0.25) is 0 Å². The number of carbonyl (C=O) groups is 1. The fourth-order valence-electron chi connectivity index (χ4n) is 4.01. The van der Waals surface area contributed by atoms with Crippen molar-refractivity contribution in [3.63, 3.8) is 0 Å². The summed E-state index contributed by atoms with van der Waals surface area (Å²) in [6.07, 6.45) is 4.36. The molecule has 152 valence electrons. The van der Waals surface area contributed by atoms with Gasteiger partial charge in [0.1, 0.15) is 0 Å². The second kappa shape index (κ2) is 9.69. The third-order valence-corrected chi connectivity index (χ3v) is 15.6. The first-order chi connectivity index (χ1) is 14.1. The van der Waals surface area contributed by atoms with Crippen LogP contribution >= 0.6 is 20.8 Å². The summed E-state index contributed by atoms with van der Waals surface area (Å²) < 4.78 is 4.79. The van der Waals surface area contributed by atoms with E-state index in [-0.39, 0.29) is 5.97 Å². The van der Waals surface area contributed by atoms with Gasteiger partial charge < -0.3 is 0 Å². The van der Waals surface area contributed by atoms with Gasteiger partial charge in [0.15, 0.2) is 0 Å². The molecule has 0 aliphatic carbocycles. The molecule has 3 aromatic carbocycles. The Morgan fingerprint density at radius 2 is 1.14 bits per heavy atom. The predicted molar refractivity (Wildman–Crippen MR) is 129 cm³/mol. The number of ether oxygens (including phenoxy) is 1. The number of carbonyl (C=O) groups excluding carboxylic acids is 1. The van der Waals surface area contributed by atoms with Crippen LogP contribution in [0.1, 0.15) is 25.7 Å². The number of esters is 1. The molecule has 3 aromatic rings. The van der Waals surface area contributed by atoms with Crippen LogP contribution in [-0.2, 0) is 9.53 Å². The van der Waals surface area contributed by atoms with Crippen molar-refractivity contribution in [1.82, 2.24) is 0 Å². The van der Waals surface area contributed by atoms with Crippen LogP contribution in [-0.4, -0.2) is 19.2 Å². The fraction of sp³-hybridized carbons (Fsp3) is 0.240. The molecule has 0 aromatic heterocycles.